The Bertz CT molecular complexity index is 956. The average Bonchev–Trinajstić information content (AvgIpc) is 3.05. The van der Waals surface area contributed by atoms with E-state index in [9.17, 15) is 4.79 Å². The fourth-order valence-electron chi connectivity index (χ4n) is 6.18. The number of fused-ring (bicyclic) bond motifs is 1. The first-order valence-electron chi connectivity index (χ1n) is 13.4. The van der Waals surface area contributed by atoms with Crippen LogP contribution in [0.4, 0.5) is 0 Å². The number of hydrogen-bond acceptors (Lipinski definition) is 4. The van der Waals surface area contributed by atoms with Crippen LogP contribution >= 0.6 is 0 Å². The number of rotatable bonds is 6. The van der Waals surface area contributed by atoms with Gasteiger partial charge in [0.25, 0.3) is 5.91 Å². The van der Waals surface area contributed by atoms with Crippen molar-refractivity contribution in [3.63, 3.8) is 0 Å². The molecule has 1 aromatic heterocycles. The fourth-order valence-corrected chi connectivity index (χ4v) is 6.18. The van der Waals surface area contributed by atoms with Crippen LogP contribution in [0.15, 0.2) is 30.3 Å². The number of amides is 1. The number of likely N-dealkylation sites (tertiary alicyclic amines) is 1. The van der Waals surface area contributed by atoms with E-state index in [2.05, 4.69) is 52.2 Å². The van der Waals surface area contributed by atoms with Gasteiger partial charge in [-0.1, -0.05) is 43.2 Å². The number of ether oxygens (including phenoxy) is 1. The number of carbonyl (C=O) groups excluding carboxylic acids is 1. The van der Waals surface area contributed by atoms with Crippen molar-refractivity contribution in [3.05, 3.63) is 52.8 Å². The van der Waals surface area contributed by atoms with Gasteiger partial charge in [-0.25, -0.2) is 0 Å². The van der Waals surface area contributed by atoms with Gasteiger partial charge in [-0.3, -0.25) is 9.48 Å². The first-order chi connectivity index (χ1) is 16.7. The molecule has 1 amide bonds. The Hall–Kier alpha value is -2.18. The van der Waals surface area contributed by atoms with Crippen LogP contribution in [-0.4, -0.2) is 59.5 Å². The van der Waals surface area contributed by atoms with Crippen LogP contribution in [0, 0.1) is 0 Å². The van der Waals surface area contributed by atoms with Crippen LogP contribution in [0.5, 0.6) is 0 Å². The summed E-state index contributed by atoms with van der Waals surface area (Å²) in [7, 11) is 0. The highest BCUT2D eigenvalue weighted by Crippen LogP contribution is 2.35. The molecule has 1 N–H and O–H groups in total. The van der Waals surface area contributed by atoms with E-state index >= 15 is 0 Å². The number of aromatic nitrogens is 2. The molecule has 2 saturated heterocycles. The standard InChI is InChI=1S/C28H40N4O2/c1-2-32-25-13-12-23(20-24(25)26(30-32)27(33)31-16-8-3-4-9-17-31)29-21-28(14-18-34-19-15-28)22-10-6-5-7-11-22/h5-7,10-11,23,29H,2-4,8-9,12-21H2,1H3/t23-/m1/s1. The van der Waals surface area contributed by atoms with Gasteiger partial charge >= 0.3 is 0 Å². The third kappa shape index (κ3) is 4.80. The van der Waals surface area contributed by atoms with Crippen LogP contribution in [-0.2, 0) is 29.5 Å². The van der Waals surface area contributed by atoms with Crippen molar-refractivity contribution in [3.8, 4) is 0 Å². The van der Waals surface area contributed by atoms with E-state index in [0.29, 0.717) is 11.7 Å². The topological polar surface area (TPSA) is 59.4 Å². The second-order valence-corrected chi connectivity index (χ2v) is 10.4. The van der Waals surface area contributed by atoms with Crippen molar-refractivity contribution in [2.45, 2.75) is 82.7 Å². The molecule has 2 fully saturated rings. The molecular formula is C28H40N4O2. The Morgan fingerprint density at radius 2 is 1.85 bits per heavy atom. The molecule has 1 aromatic carbocycles. The number of hydrogen-bond donors (Lipinski definition) is 1. The summed E-state index contributed by atoms with van der Waals surface area (Å²) >= 11 is 0. The van der Waals surface area contributed by atoms with E-state index in [1.165, 1.54) is 29.7 Å². The third-order valence-corrected chi connectivity index (χ3v) is 8.31. The zero-order valence-electron chi connectivity index (χ0n) is 20.7. The third-order valence-electron chi connectivity index (χ3n) is 8.31. The lowest BCUT2D eigenvalue weighted by atomic mass is 9.73. The van der Waals surface area contributed by atoms with E-state index in [1.807, 2.05) is 0 Å². The predicted octanol–water partition coefficient (Wildman–Crippen LogP) is 4.11. The summed E-state index contributed by atoms with van der Waals surface area (Å²) in [5.41, 5.74) is 4.73. The predicted molar refractivity (Wildman–Crippen MR) is 134 cm³/mol. The molecular weight excluding hydrogens is 424 g/mol. The summed E-state index contributed by atoms with van der Waals surface area (Å²) in [4.78, 5) is 15.6. The number of benzene rings is 1. The van der Waals surface area contributed by atoms with Crippen LogP contribution in [0.25, 0.3) is 0 Å². The molecule has 34 heavy (non-hydrogen) atoms. The van der Waals surface area contributed by atoms with Gasteiger partial charge in [0, 0.05) is 62.1 Å². The number of nitrogens with zero attached hydrogens (tertiary/aromatic N) is 3. The van der Waals surface area contributed by atoms with Crippen molar-refractivity contribution in [1.29, 1.82) is 0 Å². The first kappa shape index (κ1) is 23.6. The molecule has 1 atom stereocenters. The maximum atomic E-state index is 13.5. The number of aryl methyl sites for hydroxylation is 1. The Morgan fingerprint density at radius 3 is 2.56 bits per heavy atom. The van der Waals surface area contributed by atoms with E-state index in [1.54, 1.807) is 0 Å². The smallest absolute Gasteiger partial charge is 0.274 e. The number of nitrogens with one attached hydrogen (secondary N) is 1. The van der Waals surface area contributed by atoms with Gasteiger partial charge in [-0.05, 0) is 57.4 Å². The van der Waals surface area contributed by atoms with Gasteiger partial charge in [0.2, 0.25) is 0 Å². The van der Waals surface area contributed by atoms with Crippen LogP contribution in [0.2, 0.25) is 0 Å². The summed E-state index contributed by atoms with van der Waals surface area (Å²) in [5, 5.41) is 8.78. The molecule has 6 nitrogen and oxygen atoms in total. The second kappa shape index (κ2) is 10.6. The molecule has 3 aliphatic rings. The van der Waals surface area contributed by atoms with E-state index in [4.69, 9.17) is 9.84 Å². The monoisotopic (exact) mass is 464 g/mol. The highest BCUT2D eigenvalue weighted by atomic mass is 16.5. The van der Waals surface area contributed by atoms with Crippen LogP contribution in [0.3, 0.4) is 0 Å². The van der Waals surface area contributed by atoms with Crippen LogP contribution < -0.4 is 5.32 Å². The maximum absolute atomic E-state index is 13.5. The molecule has 2 aliphatic heterocycles. The van der Waals surface area contributed by atoms with Crippen molar-refractivity contribution in [1.82, 2.24) is 20.0 Å². The molecule has 0 radical (unpaired) electrons. The molecule has 0 unspecified atom stereocenters. The van der Waals surface area contributed by atoms with Gasteiger partial charge in [0.05, 0.1) is 0 Å². The number of carbonyl (C=O) groups is 1. The normalized spacial score (nSPS) is 22.7. The first-order valence-corrected chi connectivity index (χ1v) is 13.4. The summed E-state index contributed by atoms with van der Waals surface area (Å²) in [6.45, 7) is 7.30. The second-order valence-electron chi connectivity index (χ2n) is 10.4. The fraction of sp³-hybridized carbons (Fsp3) is 0.643. The SMILES string of the molecule is CCn1nc(C(=O)N2CCCCCC2)c2c1CC[C@@H](NCC1(c3ccccc3)CCOCC1)C2. The highest BCUT2D eigenvalue weighted by Gasteiger charge is 2.36. The summed E-state index contributed by atoms with van der Waals surface area (Å²) < 4.78 is 7.81. The van der Waals surface area contributed by atoms with Gasteiger partial charge in [0.15, 0.2) is 5.69 Å². The van der Waals surface area contributed by atoms with Gasteiger partial charge < -0.3 is 15.0 Å². The minimum absolute atomic E-state index is 0.123. The van der Waals surface area contributed by atoms with Crippen molar-refractivity contribution in [2.24, 2.45) is 0 Å². The summed E-state index contributed by atoms with van der Waals surface area (Å²) in [6.07, 6.45) is 9.75. The van der Waals surface area contributed by atoms with Gasteiger partial charge in [-0.15, -0.1) is 0 Å². The lowest BCUT2D eigenvalue weighted by Gasteiger charge is -2.39. The molecule has 1 aliphatic carbocycles. The minimum atomic E-state index is 0.123. The minimum Gasteiger partial charge on any atom is -0.381 e. The molecule has 3 heterocycles. The molecule has 0 bridgehead atoms. The van der Waals surface area contributed by atoms with Gasteiger partial charge in [0.1, 0.15) is 0 Å². The van der Waals surface area contributed by atoms with E-state index in [-0.39, 0.29) is 11.3 Å². The Kier molecular flexibility index (Phi) is 7.35. The zero-order chi connectivity index (χ0) is 23.4. The summed E-state index contributed by atoms with van der Waals surface area (Å²) in [6, 6.07) is 11.3. The van der Waals surface area contributed by atoms with E-state index < -0.39 is 0 Å². The summed E-state index contributed by atoms with van der Waals surface area (Å²) in [5.74, 6) is 0.149. The van der Waals surface area contributed by atoms with Gasteiger partial charge in [-0.2, -0.15) is 5.10 Å². The van der Waals surface area contributed by atoms with Crippen molar-refractivity contribution >= 4 is 5.91 Å². The average molecular weight is 465 g/mol. The Morgan fingerprint density at radius 1 is 1.12 bits per heavy atom. The lowest BCUT2D eigenvalue weighted by Crippen LogP contribution is -2.47. The molecule has 0 spiro atoms. The van der Waals surface area contributed by atoms with Crippen molar-refractivity contribution < 1.29 is 9.53 Å². The molecule has 5 rings (SSSR count). The molecule has 6 heteroatoms. The molecule has 0 saturated carbocycles. The Balaban J connectivity index is 1.33. The molecule has 184 valence electrons. The largest absolute Gasteiger partial charge is 0.381 e. The highest BCUT2D eigenvalue weighted by molar-refractivity contribution is 5.94. The molecule has 2 aromatic rings. The Labute approximate surface area is 204 Å². The maximum Gasteiger partial charge on any atom is 0.274 e. The van der Waals surface area contributed by atoms with Crippen molar-refractivity contribution in [2.75, 3.05) is 32.8 Å². The zero-order valence-corrected chi connectivity index (χ0v) is 20.7. The van der Waals surface area contributed by atoms with E-state index in [0.717, 1.165) is 84.3 Å². The van der Waals surface area contributed by atoms with Crippen LogP contribution in [0.1, 0.15) is 79.2 Å². The lowest BCUT2D eigenvalue weighted by molar-refractivity contribution is 0.0486. The quantitative estimate of drug-likeness (QED) is 0.699.